The molecule has 1 N–H and O–H groups in total. The highest BCUT2D eigenvalue weighted by atomic mass is 35.5. The molecule has 0 saturated heterocycles. The summed E-state index contributed by atoms with van der Waals surface area (Å²) in [5.41, 5.74) is -0.359. The maximum Gasteiger partial charge on any atom is 0.357 e. The van der Waals surface area contributed by atoms with E-state index in [4.69, 9.17) is 16.3 Å². The Morgan fingerprint density at radius 3 is 2.81 bits per heavy atom. The second-order valence-corrected chi connectivity index (χ2v) is 4.56. The maximum atomic E-state index is 12.1. The van der Waals surface area contributed by atoms with Crippen LogP contribution < -0.4 is 10.4 Å². The van der Waals surface area contributed by atoms with E-state index < -0.39 is 11.6 Å². The topological polar surface area (TPSA) is 90.1 Å². The van der Waals surface area contributed by atoms with Gasteiger partial charge < -0.3 is 9.84 Å². The fourth-order valence-electron chi connectivity index (χ4n) is 2.06. The summed E-state index contributed by atoms with van der Waals surface area (Å²) in [5, 5.41) is 10.6. The van der Waals surface area contributed by atoms with Gasteiger partial charge in [0, 0.05) is 17.4 Å². The van der Waals surface area contributed by atoms with Crippen molar-refractivity contribution in [3.63, 3.8) is 0 Å². The largest absolute Gasteiger partial charge is 0.496 e. The summed E-state index contributed by atoms with van der Waals surface area (Å²) in [5.74, 6) is 0.146. The van der Waals surface area contributed by atoms with Gasteiger partial charge in [0.1, 0.15) is 11.1 Å². The number of methoxy groups -OCH3 is 1. The molecule has 0 fully saturated rings. The molecule has 8 heteroatoms. The van der Waals surface area contributed by atoms with Crippen molar-refractivity contribution in [2.45, 2.75) is 0 Å². The van der Waals surface area contributed by atoms with E-state index in [0.717, 1.165) is 0 Å². The van der Waals surface area contributed by atoms with E-state index in [-0.39, 0.29) is 11.2 Å². The van der Waals surface area contributed by atoms with Crippen LogP contribution in [0.1, 0.15) is 0 Å². The molecule has 3 aromatic rings. The lowest BCUT2D eigenvalue weighted by Gasteiger charge is -2.12. The molecule has 0 aliphatic heterocycles. The lowest BCUT2D eigenvalue weighted by molar-refractivity contribution is 0.413. The van der Waals surface area contributed by atoms with E-state index >= 15 is 0 Å². The highest BCUT2D eigenvalue weighted by Gasteiger charge is 2.17. The fourth-order valence-corrected chi connectivity index (χ4v) is 2.26. The molecule has 21 heavy (non-hydrogen) atoms. The Labute approximate surface area is 123 Å². The first-order chi connectivity index (χ1) is 10.1. The van der Waals surface area contributed by atoms with Crippen molar-refractivity contribution in [1.29, 1.82) is 0 Å². The van der Waals surface area contributed by atoms with Crippen LogP contribution >= 0.6 is 11.6 Å². The van der Waals surface area contributed by atoms with Gasteiger partial charge >= 0.3 is 5.69 Å². The SMILES string of the molecule is COc1cc(Cl)cc2c1c(O)nc(=O)n2-c1cnccn1. The lowest BCUT2D eigenvalue weighted by Crippen LogP contribution is -2.22. The van der Waals surface area contributed by atoms with Gasteiger partial charge in [-0.25, -0.2) is 14.3 Å². The van der Waals surface area contributed by atoms with Crippen molar-refractivity contribution in [1.82, 2.24) is 19.5 Å². The third-order valence-corrected chi connectivity index (χ3v) is 3.12. The molecule has 0 atom stereocenters. The molecule has 0 aliphatic rings. The number of ether oxygens (including phenoxy) is 1. The van der Waals surface area contributed by atoms with E-state index in [9.17, 15) is 9.90 Å². The Bertz CT molecular complexity index is 880. The Morgan fingerprint density at radius 2 is 2.14 bits per heavy atom. The van der Waals surface area contributed by atoms with Gasteiger partial charge in [0.05, 0.1) is 18.8 Å². The fraction of sp³-hybridized carbons (Fsp3) is 0.0769. The second-order valence-electron chi connectivity index (χ2n) is 4.12. The summed E-state index contributed by atoms with van der Waals surface area (Å²) in [6.07, 6.45) is 4.34. The summed E-state index contributed by atoms with van der Waals surface area (Å²) in [6, 6.07) is 3.05. The van der Waals surface area contributed by atoms with Crippen LogP contribution in [0.2, 0.25) is 5.02 Å². The standard InChI is InChI=1S/C13H9ClN4O3/c1-21-9-5-7(14)4-8-11(9)12(19)17-13(20)18(8)10-6-15-2-3-16-10/h2-6H,1H3,(H,17,19,20). The molecule has 0 aliphatic carbocycles. The minimum absolute atomic E-state index is 0.268. The van der Waals surface area contributed by atoms with Crippen molar-refractivity contribution in [3.8, 4) is 17.4 Å². The number of aromatic hydroxyl groups is 1. The van der Waals surface area contributed by atoms with Gasteiger partial charge in [-0.05, 0) is 12.1 Å². The summed E-state index contributed by atoms with van der Waals surface area (Å²) in [4.78, 5) is 23.7. The average molecular weight is 305 g/mol. The molecule has 2 aromatic heterocycles. The number of halogens is 1. The van der Waals surface area contributed by atoms with Crippen LogP contribution in [-0.2, 0) is 0 Å². The molecule has 0 saturated carbocycles. The molecule has 2 heterocycles. The predicted molar refractivity (Wildman–Crippen MR) is 76.2 cm³/mol. The predicted octanol–water partition coefficient (Wildman–Crippen LogP) is 1.54. The van der Waals surface area contributed by atoms with Gasteiger partial charge in [0.15, 0.2) is 5.82 Å². The van der Waals surface area contributed by atoms with Gasteiger partial charge in [-0.15, -0.1) is 0 Å². The third kappa shape index (κ3) is 2.17. The number of aromatic nitrogens is 4. The first kappa shape index (κ1) is 13.3. The second kappa shape index (κ2) is 5.02. The first-order valence-corrected chi connectivity index (χ1v) is 6.25. The van der Waals surface area contributed by atoms with Crippen LogP contribution in [0.25, 0.3) is 16.7 Å². The zero-order valence-corrected chi connectivity index (χ0v) is 11.6. The van der Waals surface area contributed by atoms with Crippen LogP contribution in [0.5, 0.6) is 11.6 Å². The third-order valence-electron chi connectivity index (χ3n) is 2.90. The molecule has 106 valence electrons. The van der Waals surface area contributed by atoms with Gasteiger partial charge in [0.25, 0.3) is 0 Å². The van der Waals surface area contributed by atoms with Gasteiger partial charge in [-0.2, -0.15) is 4.98 Å². The first-order valence-electron chi connectivity index (χ1n) is 5.87. The number of nitrogens with zero attached hydrogens (tertiary/aromatic N) is 4. The number of hydrogen-bond donors (Lipinski definition) is 1. The van der Waals surface area contributed by atoms with Crippen molar-refractivity contribution in [2.75, 3.05) is 7.11 Å². The smallest absolute Gasteiger partial charge is 0.357 e. The Kier molecular flexibility index (Phi) is 3.19. The number of fused-ring (bicyclic) bond motifs is 1. The van der Waals surface area contributed by atoms with Crippen molar-refractivity contribution in [3.05, 3.63) is 46.2 Å². The Morgan fingerprint density at radius 1 is 1.33 bits per heavy atom. The molecule has 0 unspecified atom stereocenters. The highest BCUT2D eigenvalue weighted by Crippen LogP contribution is 2.34. The maximum absolute atomic E-state index is 12.1. The molecule has 0 radical (unpaired) electrons. The normalized spacial score (nSPS) is 10.8. The summed E-state index contributed by atoms with van der Waals surface area (Å²) >= 11 is 6.03. The average Bonchev–Trinajstić information content (AvgIpc) is 2.47. The summed E-state index contributed by atoms with van der Waals surface area (Å²) < 4.78 is 6.39. The minimum Gasteiger partial charge on any atom is -0.496 e. The van der Waals surface area contributed by atoms with E-state index in [1.54, 1.807) is 0 Å². The van der Waals surface area contributed by atoms with E-state index in [0.29, 0.717) is 16.3 Å². The monoisotopic (exact) mass is 304 g/mol. The minimum atomic E-state index is -0.690. The van der Waals surface area contributed by atoms with E-state index in [1.165, 1.54) is 42.4 Å². The van der Waals surface area contributed by atoms with Gasteiger partial charge in [-0.3, -0.25) is 4.98 Å². The quantitative estimate of drug-likeness (QED) is 0.772. The van der Waals surface area contributed by atoms with Crippen LogP contribution in [0.4, 0.5) is 0 Å². The highest BCUT2D eigenvalue weighted by molar-refractivity contribution is 6.31. The zero-order chi connectivity index (χ0) is 15.0. The Balaban J connectivity index is 2.51. The van der Waals surface area contributed by atoms with Crippen molar-refractivity contribution in [2.24, 2.45) is 0 Å². The van der Waals surface area contributed by atoms with Crippen molar-refractivity contribution >= 4 is 22.5 Å². The summed E-state index contributed by atoms with van der Waals surface area (Å²) in [7, 11) is 1.43. The lowest BCUT2D eigenvalue weighted by atomic mass is 10.2. The van der Waals surface area contributed by atoms with Crippen LogP contribution in [-0.4, -0.2) is 31.7 Å². The summed E-state index contributed by atoms with van der Waals surface area (Å²) in [6.45, 7) is 0. The van der Waals surface area contributed by atoms with Crippen LogP contribution in [0.3, 0.4) is 0 Å². The van der Waals surface area contributed by atoms with E-state index in [1.807, 2.05) is 0 Å². The van der Waals surface area contributed by atoms with Gasteiger partial charge in [0.2, 0.25) is 5.88 Å². The number of benzene rings is 1. The molecule has 1 aromatic carbocycles. The van der Waals surface area contributed by atoms with Gasteiger partial charge in [-0.1, -0.05) is 11.6 Å². The van der Waals surface area contributed by atoms with Crippen LogP contribution in [0, 0.1) is 0 Å². The Hall–Kier alpha value is -2.67. The zero-order valence-electron chi connectivity index (χ0n) is 10.8. The molecular formula is C13H9ClN4O3. The molecule has 0 spiro atoms. The molecule has 3 rings (SSSR count). The van der Waals surface area contributed by atoms with Crippen molar-refractivity contribution < 1.29 is 9.84 Å². The molecule has 7 nitrogen and oxygen atoms in total. The number of hydrogen-bond acceptors (Lipinski definition) is 6. The molecule has 0 bridgehead atoms. The number of rotatable bonds is 2. The van der Waals surface area contributed by atoms with Crippen LogP contribution in [0.15, 0.2) is 35.5 Å². The molecular weight excluding hydrogens is 296 g/mol. The molecule has 0 amide bonds. The van der Waals surface area contributed by atoms with E-state index in [2.05, 4.69) is 15.0 Å².